The minimum Gasteiger partial charge on any atom is -0.330 e. The molecule has 2 aromatic heterocycles. The number of hydrogen-bond acceptors (Lipinski definition) is 5. The molecule has 1 atom stereocenters. The maximum atomic E-state index is 13.2. The molecule has 4 heterocycles. The standard InChI is InChI=1S/C25H28N6O2/c1-16-6-8-18(9-7-16)15-31-21(32)11-10-19-17(2)27-22(28-23(19)31)20-5-4-13-30(20)25(33)24-26-12-14-29(24)3/h6-9,12,14,20H,4-5,10-11,13,15H2,1-3H3/t20-/m1/s1. The van der Waals surface area contributed by atoms with Crippen LogP contribution in [0.4, 0.5) is 5.82 Å². The monoisotopic (exact) mass is 444 g/mol. The Hall–Kier alpha value is -3.55. The zero-order valence-electron chi connectivity index (χ0n) is 19.3. The number of carbonyl (C=O) groups is 2. The van der Waals surface area contributed by atoms with Gasteiger partial charge in [0.2, 0.25) is 5.91 Å². The summed E-state index contributed by atoms with van der Waals surface area (Å²) in [5.41, 5.74) is 4.15. The Morgan fingerprint density at radius 1 is 1.12 bits per heavy atom. The van der Waals surface area contributed by atoms with Gasteiger partial charge < -0.3 is 9.47 Å². The SMILES string of the molecule is Cc1ccc(CN2C(=O)CCc3c(C)nc([C@H]4CCCN4C(=O)c4nccn4C)nc32)cc1. The number of amides is 2. The molecule has 0 spiro atoms. The topological polar surface area (TPSA) is 84.2 Å². The maximum Gasteiger partial charge on any atom is 0.290 e. The fourth-order valence-electron chi connectivity index (χ4n) is 4.77. The molecule has 2 aliphatic heterocycles. The number of aryl methyl sites for hydroxylation is 3. The molecule has 0 saturated carbocycles. The van der Waals surface area contributed by atoms with E-state index in [2.05, 4.69) is 29.2 Å². The van der Waals surface area contributed by atoms with Crippen molar-refractivity contribution in [1.82, 2.24) is 24.4 Å². The van der Waals surface area contributed by atoms with Gasteiger partial charge in [-0.2, -0.15) is 0 Å². The fourth-order valence-corrected chi connectivity index (χ4v) is 4.77. The van der Waals surface area contributed by atoms with Crippen LogP contribution in [0.5, 0.6) is 0 Å². The van der Waals surface area contributed by atoms with Crippen LogP contribution in [0, 0.1) is 13.8 Å². The Bertz CT molecular complexity index is 1220. The predicted octanol–water partition coefficient (Wildman–Crippen LogP) is 3.28. The second kappa shape index (κ2) is 8.42. The molecule has 1 saturated heterocycles. The van der Waals surface area contributed by atoms with Crippen LogP contribution in [-0.2, 0) is 24.8 Å². The summed E-state index contributed by atoms with van der Waals surface area (Å²) in [7, 11) is 1.82. The molecule has 0 N–H and O–H groups in total. The van der Waals surface area contributed by atoms with Crippen molar-refractivity contribution in [2.24, 2.45) is 7.05 Å². The first-order valence-corrected chi connectivity index (χ1v) is 11.4. The highest BCUT2D eigenvalue weighted by atomic mass is 16.2. The molecule has 0 unspecified atom stereocenters. The molecular weight excluding hydrogens is 416 g/mol. The van der Waals surface area contributed by atoms with Gasteiger partial charge in [0.1, 0.15) is 5.82 Å². The molecule has 0 aliphatic carbocycles. The van der Waals surface area contributed by atoms with Crippen LogP contribution < -0.4 is 4.90 Å². The molecule has 33 heavy (non-hydrogen) atoms. The van der Waals surface area contributed by atoms with Gasteiger partial charge in [-0.15, -0.1) is 0 Å². The zero-order valence-corrected chi connectivity index (χ0v) is 19.3. The Morgan fingerprint density at radius 3 is 2.64 bits per heavy atom. The first kappa shape index (κ1) is 21.3. The highest BCUT2D eigenvalue weighted by Gasteiger charge is 2.36. The van der Waals surface area contributed by atoms with E-state index >= 15 is 0 Å². The summed E-state index contributed by atoms with van der Waals surface area (Å²) < 4.78 is 1.73. The molecule has 170 valence electrons. The lowest BCUT2D eigenvalue weighted by molar-refractivity contribution is -0.119. The number of benzene rings is 1. The van der Waals surface area contributed by atoms with Gasteiger partial charge in [0.25, 0.3) is 5.91 Å². The quantitative estimate of drug-likeness (QED) is 0.617. The van der Waals surface area contributed by atoms with E-state index in [1.165, 1.54) is 5.56 Å². The summed E-state index contributed by atoms with van der Waals surface area (Å²) in [6, 6.07) is 7.99. The fraction of sp³-hybridized carbons (Fsp3) is 0.400. The van der Waals surface area contributed by atoms with Gasteiger partial charge in [-0.25, -0.2) is 15.0 Å². The Balaban J connectivity index is 1.50. The van der Waals surface area contributed by atoms with Crippen LogP contribution in [-0.4, -0.2) is 42.8 Å². The molecule has 8 heteroatoms. The van der Waals surface area contributed by atoms with E-state index in [9.17, 15) is 9.59 Å². The molecule has 8 nitrogen and oxygen atoms in total. The van der Waals surface area contributed by atoms with Gasteiger partial charge in [-0.05, 0) is 38.7 Å². The number of imidazole rings is 1. The van der Waals surface area contributed by atoms with Crippen molar-refractivity contribution in [3.63, 3.8) is 0 Å². The second-order valence-electron chi connectivity index (χ2n) is 8.95. The van der Waals surface area contributed by atoms with Crippen LogP contribution in [0.3, 0.4) is 0 Å². The van der Waals surface area contributed by atoms with Gasteiger partial charge in [0.15, 0.2) is 11.6 Å². The second-order valence-corrected chi connectivity index (χ2v) is 8.95. The molecule has 2 amide bonds. The Morgan fingerprint density at radius 2 is 1.91 bits per heavy atom. The summed E-state index contributed by atoms with van der Waals surface area (Å²) in [5.74, 6) is 1.66. The molecule has 1 aromatic carbocycles. The lowest BCUT2D eigenvalue weighted by Crippen LogP contribution is -2.37. The summed E-state index contributed by atoms with van der Waals surface area (Å²) in [5, 5.41) is 0. The number of anilines is 1. The molecule has 0 radical (unpaired) electrons. The van der Waals surface area contributed by atoms with Crippen molar-refractivity contribution < 1.29 is 9.59 Å². The highest BCUT2D eigenvalue weighted by Crippen LogP contribution is 2.35. The summed E-state index contributed by atoms with van der Waals surface area (Å²) in [6.07, 6.45) is 6.17. The summed E-state index contributed by atoms with van der Waals surface area (Å²) >= 11 is 0. The van der Waals surface area contributed by atoms with Crippen LogP contribution in [0.2, 0.25) is 0 Å². The number of aromatic nitrogens is 4. The zero-order chi connectivity index (χ0) is 23.1. The Labute approximate surface area is 193 Å². The van der Waals surface area contributed by atoms with Crippen molar-refractivity contribution in [2.75, 3.05) is 11.4 Å². The van der Waals surface area contributed by atoms with Crippen molar-refractivity contribution in [3.8, 4) is 0 Å². The largest absolute Gasteiger partial charge is 0.330 e. The first-order valence-electron chi connectivity index (χ1n) is 11.4. The van der Waals surface area contributed by atoms with E-state index in [4.69, 9.17) is 9.97 Å². The normalized spacial score (nSPS) is 18.0. The van der Waals surface area contributed by atoms with Crippen molar-refractivity contribution >= 4 is 17.6 Å². The van der Waals surface area contributed by atoms with Gasteiger partial charge in [-0.1, -0.05) is 29.8 Å². The number of nitrogens with zero attached hydrogens (tertiary/aromatic N) is 6. The number of carbonyl (C=O) groups excluding carboxylic acids is 2. The van der Waals surface area contributed by atoms with Gasteiger partial charge in [-0.3, -0.25) is 14.5 Å². The van der Waals surface area contributed by atoms with Crippen LogP contribution in [0.25, 0.3) is 0 Å². The molecule has 3 aromatic rings. The average Bonchev–Trinajstić information content (AvgIpc) is 3.46. The van der Waals surface area contributed by atoms with Crippen molar-refractivity contribution in [3.05, 3.63) is 70.7 Å². The van der Waals surface area contributed by atoms with E-state index in [0.717, 1.165) is 29.7 Å². The number of fused-ring (bicyclic) bond motifs is 1. The van der Waals surface area contributed by atoms with E-state index in [1.54, 1.807) is 21.9 Å². The van der Waals surface area contributed by atoms with Gasteiger partial charge in [0.05, 0.1) is 12.6 Å². The highest BCUT2D eigenvalue weighted by molar-refractivity contribution is 5.95. The van der Waals surface area contributed by atoms with Crippen LogP contribution in [0.15, 0.2) is 36.7 Å². The Kier molecular flexibility index (Phi) is 5.44. The molecule has 2 aliphatic rings. The predicted molar refractivity (Wildman–Crippen MR) is 124 cm³/mol. The van der Waals surface area contributed by atoms with Gasteiger partial charge >= 0.3 is 0 Å². The van der Waals surface area contributed by atoms with E-state index in [0.29, 0.717) is 43.4 Å². The average molecular weight is 445 g/mol. The van der Waals surface area contributed by atoms with Crippen LogP contribution in [0.1, 0.15) is 64.1 Å². The van der Waals surface area contributed by atoms with Crippen LogP contribution >= 0.6 is 0 Å². The smallest absolute Gasteiger partial charge is 0.290 e. The molecule has 0 bridgehead atoms. The van der Waals surface area contributed by atoms with Crippen molar-refractivity contribution in [1.29, 1.82) is 0 Å². The van der Waals surface area contributed by atoms with E-state index < -0.39 is 0 Å². The molecule has 5 rings (SSSR count). The molecular formula is C25H28N6O2. The number of likely N-dealkylation sites (tertiary alicyclic amines) is 1. The third kappa shape index (κ3) is 3.90. The lowest BCUT2D eigenvalue weighted by atomic mass is 10.0. The molecule has 1 fully saturated rings. The third-order valence-electron chi connectivity index (χ3n) is 6.64. The first-order chi connectivity index (χ1) is 15.9. The lowest BCUT2D eigenvalue weighted by Gasteiger charge is -2.31. The number of rotatable bonds is 4. The van der Waals surface area contributed by atoms with Gasteiger partial charge in [0, 0.05) is 43.7 Å². The van der Waals surface area contributed by atoms with Crippen molar-refractivity contribution in [2.45, 2.75) is 52.1 Å². The summed E-state index contributed by atoms with van der Waals surface area (Å²) in [4.78, 5) is 43.7. The minimum atomic E-state index is -0.226. The number of hydrogen-bond donors (Lipinski definition) is 0. The summed E-state index contributed by atoms with van der Waals surface area (Å²) in [6.45, 7) is 5.14. The maximum absolute atomic E-state index is 13.2. The van der Waals surface area contributed by atoms with E-state index in [-0.39, 0.29) is 17.9 Å². The third-order valence-corrected chi connectivity index (χ3v) is 6.64. The minimum absolute atomic E-state index is 0.0690. The van der Waals surface area contributed by atoms with E-state index in [1.807, 2.05) is 25.8 Å².